The molecule has 0 spiro atoms. The zero-order valence-electron chi connectivity index (χ0n) is 16.0. The Kier molecular flexibility index (Phi) is 7.04. The molecule has 1 aromatic carbocycles. The molecule has 0 bridgehead atoms. The van der Waals surface area contributed by atoms with Crippen LogP contribution in [0, 0.1) is 12.8 Å². The van der Waals surface area contributed by atoms with E-state index in [2.05, 4.69) is 4.72 Å². The molecule has 1 saturated heterocycles. The molecule has 7 nitrogen and oxygen atoms in total. The van der Waals surface area contributed by atoms with Gasteiger partial charge < -0.3 is 4.90 Å². The van der Waals surface area contributed by atoms with Crippen LogP contribution in [0.4, 0.5) is 0 Å². The largest absolute Gasteiger partial charge is 0.341 e. The Hall–Kier alpha value is -1.45. The first kappa shape index (κ1) is 21.8. The van der Waals surface area contributed by atoms with E-state index < -0.39 is 25.1 Å². The Balaban J connectivity index is 1.89. The predicted octanol–water partition coefficient (Wildman–Crippen LogP) is 1.34. The lowest BCUT2D eigenvalue weighted by atomic mass is 10.1. The molecule has 1 N–H and O–H groups in total. The second kappa shape index (κ2) is 8.70. The number of rotatable bonds is 7. The maximum Gasteiger partial charge on any atom is 0.241 e. The van der Waals surface area contributed by atoms with Gasteiger partial charge in [0.25, 0.3) is 0 Å². The van der Waals surface area contributed by atoms with Gasteiger partial charge in [-0.1, -0.05) is 26.0 Å². The lowest BCUT2D eigenvalue weighted by Crippen LogP contribution is -2.46. The topological polar surface area (TPSA) is 101 Å². The van der Waals surface area contributed by atoms with E-state index >= 15 is 0 Å². The number of nitrogens with zero attached hydrogens (tertiary/aromatic N) is 1. The molecule has 152 valence electrons. The molecule has 9 heteroatoms. The summed E-state index contributed by atoms with van der Waals surface area (Å²) in [5, 5.41) is -0.423. The van der Waals surface area contributed by atoms with Gasteiger partial charge in [0.15, 0.2) is 9.84 Å². The number of hydrogen-bond acceptors (Lipinski definition) is 5. The summed E-state index contributed by atoms with van der Waals surface area (Å²) in [6.07, 6.45) is 0.789. The summed E-state index contributed by atoms with van der Waals surface area (Å²) in [6.45, 7) is 5.86. The van der Waals surface area contributed by atoms with Crippen molar-refractivity contribution in [3.05, 3.63) is 29.8 Å². The lowest BCUT2D eigenvalue weighted by Gasteiger charge is -2.32. The summed E-state index contributed by atoms with van der Waals surface area (Å²) in [6, 6.07) is 6.46. The number of nitrogens with one attached hydrogen (secondary N) is 1. The monoisotopic (exact) mass is 416 g/mol. The maximum atomic E-state index is 12.3. The fourth-order valence-corrected chi connectivity index (χ4v) is 6.41. The van der Waals surface area contributed by atoms with Crippen LogP contribution >= 0.6 is 0 Å². The molecular formula is C18H28N2O5S2. The average Bonchev–Trinajstić information content (AvgIpc) is 2.59. The number of amides is 1. The van der Waals surface area contributed by atoms with Crippen LogP contribution in [0.15, 0.2) is 29.2 Å². The van der Waals surface area contributed by atoms with E-state index in [-0.39, 0.29) is 29.0 Å². The van der Waals surface area contributed by atoms with Gasteiger partial charge in [-0.25, -0.2) is 21.6 Å². The summed E-state index contributed by atoms with van der Waals surface area (Å²) in [5.74, 6) is -0.112. The van der Waals surface area contributed by atoms with Gasteiger partial charge in [0.2, 0.25) is 15.9 Å². The number of piperidine rings is 1. The van der Waals surface area contributed by atoms with Crippen LogP contribution < -0.4 is 4.72 Å². The molecule has 1 fully saturated rings. The molecule has 0 unspecified atom stereocenters. The molecule has 2 rings (SSSR count). The minimum absolute atomic E-state index is 0.0747. The number of sulfonamides is 1. The van der Waals surface area contributed by atoms with E-state index in [9.17, 15) is 21.6 Å². The highest BCUT2D eigenvalue weighted by molar-refractivity contribution is 7.92. The standard InChI is InChI=1S/C18H28N2O5S2/c1-14(2)13-26(22,23)16-7-9-20(10-8-16)18(21)12-19-27(24,25)17-6-4-5-15(3)11-17/h4-6,11,14,16,19H,7-10,12-13H2,1-3H3. The van der Waals surface area contributed by atoms with Gasteiger partial charge in [-0.15, -0.1) is 0 Å². The molecular weight excluding hydrogens is 388 g/mol. The highest BCUT2D eigenvalue weighted by Crippen LogP contribution is 2.20. The van der Waals surface area contributed by atoms with Gasteiger partial charge in [0.1, 0.15) is 0 Å². The number of aryl methyl sites for hydroxylation is 1. The van der Waals surface area contributed by atoms with Crippen molar-refractivity contribution in [3.8, 4) is 0 Å². The number of benzene rings is 1. The van der Waals surface area contributed by atoms with Gasteiger partial charge in [-0.05, 0) is 43.4 Å². The molecule has 0 aliphatic carbocycles. The van der Waals surface area contributed by atoms with Gasteiger partial charge in [0, 0.05) is 13.1 Å². The van der Waals surface area contributed by atoms with Crippen molar-refractivity contribution in [1.29, 1.82) is 0 Å². The third-order valence-corrected chi connectivity index (χ3v) is 8.60. The Bertz CT molecular complexity index is 871. The van der Waals surface area contributed by atoms with E-state index in [0.717, 1.165) is 5.56 Å². The van der Waals surface area contributed by atoms with Crippen molar-refractivity contribution < 1.29 is 21.6 Å². The summed E-state index contributed by atoms with van der Waals surface area (Å²) in [5.41, 5.74) is 0.814. The van der Waals surface area contributed by atoms with E-state index in [0.29, 0.717) is 25.9 Å². The van der Waals surface area contributed by atoms with E-state index in [4.69, 9.17) is 0 Å². The second-order valence-electron chi connectivity index (χ2n) is 7.44. The molecule has 0 radical (unpaired) electrons. The van der Waals surface area contributed by atoms with Crippen molar-refractivity contribution >= 4 is 25.8 Å². The van der Waals surface area contributed by atoms with Crippen LogP contribution in [0.2, 0.25) is 0 Å². The highest BCUT2D eigenvalue weighted by Gasteiger charge is 2.32. The van der Waals surface area contributed by atoms with Crippen molar-refractivity contribution in [2.45, 2.75) is 43.8 Å². The number of likely N-dealkylation sites (tertiary alicyclic amines) is 1. The fourth-order valence-electron chi connectivity index (χ4n) is 3.20. The third-order valence-electron chi connectivity index (χ3n) is 4.58. The summed E-state index contributed by atoms with van der Waals surface area (Å²) >= 11 is 0. The first-order valence-electron chi connectivity index (χ1n) is 9.07. The summed E-state index contributed by atoms with van der Waals surface area (Å²) in [4.78, 5) is 14.0. The van der Waals surface area contributed by atoms with Crippen LogP contribution in [-0.2, 0) is 24.7 Å². The Morgan fingerprint density at radius 2 is 1.81 bits per heavy atom. The average molecular weight is 417 g/mol. The van der Waals surface area contributed by atoms with Crippen molar-refractivity contribution in [2.24, 2.45) is 5.92 Å². The van der Waals surface area contributed by atoms with Gasteiger partial charge in [-0.2, -0.15) is 0 Å². The molecule has 1 aliphatic rings. The van der Waals surface area contributed by atoms with Crippen LogP contribution in [-0.4, -0.2) is 58.3 Å². The molecule has 0 atom stereocenters. The minimum atomic E-state index is -3.76. The van der Waals surface area contributed by atoms with E-state index in [1.165, 1.54) is 17.0 Å². The molecule has 0 aromatic heterocycles. The molecule has 1 amide bonds. The zero-order valence-corrected chi connectivity index (χ0v) is 17.6. The van der Waals surface area contributed by atoms with Crippen molar-refractivity contribution in [3.63, 3.8) is 0 Å². The van der Waals surface area contributed by atoms with Crippen LogP contribution in [0.1, 0.15) is 32.3 Å². The molecule has 1 aliphatic heterocycles. The minimum Gasteiger partial charge on any atom is -0.341 e. The van der Waals surface area contributed by atoms with E-state index in [1.807, 2.05) is 13.8 Å². The predicted molar refractivity (Wildman–Crippen MR) is 105 cm³/mol. The van der Waals surface area contributed by atoms with Crippen LogP contribution in [0.3, 0.4) is 0 Å². The summed E-state index contributed by atoms with van der Waals surface area (Å²) < 4.78 is 51.6. The fraction of sp³-hybridized carbons (Fsp3) is 0.611. The zero-order chi connectivity index (χ0) is 20.2. The Morgan fingerprint density at radius 3 is 2.37 bits per heavy atom. The lowest BCUT2D eigenvalue weighted by molar-refractivity contribution is -0.130. The maximum absolute atomic E-state index is 12.3. The van der Waals surface area contributed by atoms with E-state index in [1.54, 1.807) is 19.1 Å². The van der Waals surface area contributed by atoms with Crippen molar-refractivity contribution in [2.75, 3.05) is 25.4 Å². The van der Waals surface area contributed by atoms with Gasteiger partial charge >= 0.3 is 0 Å². The first-order valence-corrected chi connectivity index (χ1v) is 12.3. The highest BCUT2D eigenvalue weighted by atomic mass is 32.2. The third kappa shape index (κ3) is 6.02. The smallest absolute Gasteiger partial charge is 0.241 e. The number of carbonyl (C=O) groups is 1. The number of sulfone groups is 1. The Labute approximate surface area is 162 Å². The quantitative estimate of drug-likeness (QED) is 0.723. The number of carbonyl (C=O) groups excluding carboxylic acids is 1. The van der Waals surface area contributed by atoms with Crippen LogP contribution in [0.25, 0.3) is 0 Å². The van der Waals surface area contributed by atoms with Gasteiger partial charge in [0.05, 0.1) is 22.4 Å². The van der Waals surface area contributed by atoms with Crippen LogP contribution in [0.5, 0.6) is 0 Å². The molecule has 1 aromatic rings. The molecule has 1 heterocycles. The summed E-state index contributed by atoms with van der Waals surface area (Å²) in [7, 11) is -6.91. The molecule has 27 heavy (non-hydrogen) atoms. The SMILES string of the molecule is Cc1cccc(S(=O)(=O)NCC(=O)N2CCC(S(=O)(=O)CC(C)C)CC2)c1. The molecule has 0 saturated carbocycles. The second-order valence-corrected chi connectivity index (χ2v) is 11.5. The number of hydrogen-bond donors (Lipinski definition) is 1. The van der Waals surface area contributed by atoms with Gasteiger partial charge in [-0.3, -0.25) is 4.79 Å². The van der Waals surface area contributed by atoms with Crippen molar-refractivity contribution in [1.82, 2.24) is 9.62 Å². The first-order chi connectivity index (χ1) is 12.5. The Morgan fingerprint density at radius 1 is 1.19 bits per heavy atom. The normalized spacial score (nSPS) is 16.7.